The Hall–Kier alpha value is -1.43. The predicted octanol–water partition coefficient (Wildman–Crippen LogP) is 0.235. The first kappa shape index (κ1) is 9.66. The molecule has 0 bridgehead atoms. The van der Waals surface area contributed by atoms with Crippen molar-refractivity contribution in [1.29, 1.82) is 0 Å². The lowest BCUT2D eigenvalue weighted by Gasteiger charge is -2.01. The molecule has 1 heterocycles. The molecule has 1 aromatic heterocycles. The normalized spacial score (nSPS) is 9.00. The molecule has 1 rings (SSSR count). The minimum Gasteiger partial charge on any atom is -0.277 e. The molecule has 2 N–H and O–H groups in total. The summed E-state index contributed by atoms with van der Waals surface area (Å²) in [7, 11) is 0. The van der Waals surface area contributed by atoms with E-state index in [-0.39, 0.29) is 0 Å². The Bertz CT molecular complexity index is 329. The summed E-state index contributed by atoms with van der Waals surface area (Å²) in [4.78, 5) is 24.8. The standard InChI is InChI=1S/C7H6BrN3O2/c8-6-1-5(2-9-3-6)7(13)11-10-4-12/h1-4H,(H,10,12)(H,11,13). The first-order valence-corrected chi connectivity index (χ1v) is 4.13. The van der Waals surface area contributed by atoms with E-state index in [0.717, 1.165) is 0 Å². The number of halogens is 1. The number of rotatable bonds is 3. The third-order valence-corrected chi connectivity index (χ3v) is 1.65. The van der Waals surface area contributed by atoms with Crippen molar-refractivity contribution in [2.75, 3.05) is 0 Å². The molecular formula is C7H6BrN3O2. The Morgan fingerprint density at radius 3 is 2.92 bits per heavy atom. The molecule has 0 radical (unpaired) electrons. The summed E-state index contributed by atoms with van der Waals surface area (Å²) in [5, 5.41) is 0. The molecule has 1 aromatic rings. The zero-order chi connectivity index (χ0) is 9.68. The summed E-state index contributed by atoms with van der Waals surface area (Å²) in [5.74, 6) is -0.416. The van der Waals surface area contributed by atoms with Crippen LogP contribution in [0.3, 0.4) is 0 Å². The average Bonchev–Trinajstić information content (AvgIpc) is 2.14. The molecule has 5 nitrogen and oxygen atoms in total. The van der Waals surface area contributed by atoms with Gasteiger partial charge in [-0.2, -0.15) is 0 Å². The first-order chi connectivity index (χ1) is 6.24. The van der Waals surface area contributed by atoms with Crippen molar-refractivity contribution in [2.45, 2.75) is 0 Å². The number of nitrogens with one attached hydrogen (secondary N) is 2. The lowest BCUT2D eigenvalue weighted by atomic mass is 10.3. The topological polar surface area (TPSA) is 71.1 Å². The molecule has 6 heteroatoms. The van der Waals surface area contributed by atoms with Gasteiger partial charge < -0.3 is 0 Å². The number of hydrazine groups is 1. The Morgan fingerprint density at radius 2 is 2.31 bits per heavy atom. The minimum absolute atomic E-state index is 0.365. The maximum atomic E-state index is 11.2. The monoisotopic (exact) mass is 243 g/mol. The van der Waals surface area contributed by atoms with Gasteiger partial charge in [0.1, 0.15) is 0 Å². The number of amides is 2. The molecule has 0 spiro atoms. The molecule has 0 aliphatic heterocycles. The van der Waals surface area contributed by atoms with Gasteiger partial charge in [0, 0.05) is 16.9 Å². The second-order valence-corrected chi connectivity index (χ2v) is 3.02. The van der Waals surface area contributed by atoms with Crippen LogP contribution < -0.4 is 10.9 Å². The van der Waals surface area contributed by atoms with Crippen LogP contribution in [0.1, 0.15) is 10.4 Å². The van der Waals surface area contributed by atoms with Gasteiger partial charge in [-0.25, -0.2) is 0 Å². The van der Waals surface area contributed by atoms with E-state index in [9.17, 15) is 9.59 Å². The minimum atomic E-state index is -0.416. The van der Waals surface area contributed by atoms with E-state index < -0.39 is 5.91 Å². The van der Waals surface area contributed by atoms with Crippen molar-refractivity contribution in [3.63, 3.8) is 0 Å². The molecule has 0 atom stereocenters. The van der Waals surface area contributed by atoms with E-state index in [1.165, 1.54) is 6.20 Å². The van der Waals surface area contributed by atoms with Gasteiger partial charge in [-0.3, -0.25) is 25.4 Å². The lowest BCUT2D eigenvalue weighted by molar-refractivity contribution is -0.110. The molecular weight excluding hydrogens is 238 g/mol. The number of hydrogen-bond acceptors (Lipinski definition) is 3. The van der Waals surface area contributed by atoms with Crippen molar-refractivity contribution >= 4 is 28.2 Å². The van der Waals surface area contributed by atoms with E-state index in [4.69, 9.17) is 0 Å². The summed E-state index contributed by atoms with van der Waals surface area (Å²) in [5.41, 5.74) is 4.57. The van der Waals surface area contributed by atoms with Crippen LogP contribution in [-0.2, 0) is 4.79 Å². The molecule has 13 heavy (non-hydrogen) atoms. The maximum Gasteiger partial charge on any atom is 0.271 e. The van der Waals surface area contributed by atoms with Gasteiger partial charge in [0.2, 0.25) is 6.41 Å². The quantitative estimate of drug-likeness (QED) is 0.590. The van der Waals surface area contributed by atoms with Crippen molar-refractivity contribution in [3.8, 4) is 0 Å². The summed E-state index contributed by atoms with van der Waals surface area (Å²) in [6, 6.07) is 1.59. The number of carbonyl (C=O) groups is 2. The van der Waals surface area contributed by atoms with E-state index in [0.29, 0.717) is 16.4 Å². The fourth-order valence-electron chi connectivity index (χ4n) is 0.703. The fourth-order valence-corrected chi connectivity index (χ4v) is 1.07. The Labute approximate surface area is 82.6 Å². The number of aromatic nitrogens is 1. The number of carbonyl (C=O) groups excluding carboxylic acids is 2. The van der Waals surface area contributed by atoms with E-state index in [1.807, 2.05) is 5.43 Å². The van der Waals surface area contributed by atoms with Gasteiger partial charge in [-0.1, -0.05) is 0 Å². The number of hydrogen-bond donors (Lipinski definition) is 2. The van der Waals surface area contributed by atoms with Gasteiger partial charge in [0.25, 0.3) is 5.91 Å². The van der Waals surface area contributed by atoms with Crippen LogP contribution in [0.25, 0.3) is 0 Å². The Kier molecular flexibility index (Phi) is 3.39. The molecule has 0 aliphatic carbocycles. The fraction of sp³-hybridized carbons (Fsp3) is 0. The highest BCUT2D eigenvalue weighted by molar-refractivity contribution is 9.10. The van der Waals surface area contributed by atoms with E-state index in [1.54, 1.807) is 12.3 Å². The molecule has 0 aromatic carbocycles. The third kappa shape index (κ3) is 2.83. The van der Waals surface area contributed by atoms with Crippen molar-refractivity contribution in [2.24, 2.45) is 0 Å². The second-order valence-electron chi connectivity index (χ2n) is 2.11. The van der Waals surface area contributed by atoms with Gasteiger partial charge in [0.15, 0.2) is 0 Å². The van der Waals surface area contributed by atoms with Crippen LogP contribution in [0, 0.1) is 0 Å². The maximum absolute atomic E-state index is 11.2. The highest BCUT2D eigenvalue weighted by Crippen LogP contribution is 2.08. The Morgan fingerprint density at radius 1 is 1.54 bits per heavy atom. The molecule has 0 fully saturated rings. The van der Waals surface area contributed by atoms with Crippen LogP contribution in [0.2, 0.25) is 0 Å². The van der Waals surface area contributed by atoms with E-state index >= 15 is 0 Å². The smallest absolute Gasteiger partial charge is 0.271 e. The molecule has 68 valence electrons. The molecule has 2 amide bonds. The zero-order valence-electron chi connectivity index (χ0n) is 6.45. The second kappa shape index (κ2) is 4.56. The summed E-state index contributed by atoms with van der Waals surface area (Å²) in [6.07, 6.45) is 3.33. The molecule has 0 unspecified atom stereocenters. The highest BCUT2D eigenvalue weighted by Gasteiger charge is 2.04. The SMILES string of the molecule is O=CNNC(=O)c1cncc(Br)c1. The van der Waals surface area contributed by atoms with Gasteiger partial charge in [-0.05, 0) is 22.0 Å². The van der Waals surface area contributed by atoms with Crippen LogP contribution >= 0.6 is 15.9 Å². The summed E-state index contributed by atoms with van der Waals surface area (Å²) >= 11 is 3.17. The van der Waals surface area contributed by atoms with Gasteiger partial charge >= 0.3 is 0 Å². The van der Waals surface area contributed by atoms with Crippen LogP contribution in [0.4, 0.5) is 0 Å². The molecule has 0 aliphatic rings. The van der Waals surface area contributed by atoms with Gasteiger partial charge in [0.05, 0.1) is 5.56 Å². The van der Waals surface area contributed by atoms with Crippen molar-refractivity contribution in [1.82, 2.24) is 15.8 Å². The number of pyridine rings is 1. The average molecular weight is 244 g/mol. The third-order valence-electron chi connectivity index (χ3n) is 1.21. The zero-order valence-corrected chi connectivity index (χ0v) is 8.04. The highest BCUT2D eigenvalue weighted by atomic mass is 79.9. The Balaban J connectivity index is 2.71. The number of nitrogens with zero attached hydrogens (tertiary/aromatic N) is 1. The van der Waals surface area contributed by atoms with Crippen molar-refractivity contribution < 1.29 is 9.59 Å². The molecule has 0 saturated heterocycles. The van der Waals surface area contributed by atoms with Crippen LogP contribution in [0.5, 0.6) is 0 Å². The van der Waals surface area contributed by atoms with Crippen LogP contribution in [0.15, 0.2) is 22.9 Å². The molecule has 0 saturated carbocycles. The summed E-state index contributed by atoms with van der Waals surface area (Å²) in [6.45, 7) is 0. The van der Waals surface area contributed by atoms with E-state index in [2.05, 4.69) is 26.3 Å². The van der Waals surface area contributed by atoms with Crippen LogP contribution in [-0.4, -0.2) is 17.3 Å². The van der Waals surface area contributed by atoms with Gasteiger partial charge in [-0.15, -0.1) is 0 Å². The predicted molar refractivity (Wildman–Crippen MR) is 48.6 cm³/mol. The lowest BCUT2D eigenvalue weighted by Crippen LogP contribution is -2.36. The first-order valence-electron chi connectivity index (χ1n) is 3.34. The largest absolute Gasteiger partial charge is 0.277 e. The summed E-state index contributed by atoms with van der Waals surface area (Å²) < 4.78 is 0.700. The van der Waals surface area contributed by atoms with Crippen molar-refractivity contribution in [3.05, 3.63) is 28.5 Å².